The molecule has 3 aromatic carbocycles. The Bertz CT molecular complexity index is 1400. The summed E-state index contributed by atoms with van der Waals surface area (Å²) in [5, 5.41) is 9.84. The third-order valence-electron chi connectivity index (χ3n) is 8.16. The van der Waals surface area contributed by atoms with E-state index in [1.165, 1.54) is 16.7 Å². The molecule has 0 heterocycles. The zero-order valence-electron chi connectivity index (χ0n) is 25.6. The van der Waals surface area contributed by atoms with Gasteiger partial charge in [-0.05, 0) is 28.0 Å². The third kappa shape index (κ3) is 6.22. The second kappa shape index (κ2) is 11.3. The van der Waals surface area contributed by atoms with Crippen molar-refractivity contribution in [3.05, 3.63) is 111 Å². The molecule has 0 bridgehead atoms. The molecule has 0 spiro atoms. The molecule has 3 aromatic rings. The standard InChI is InChI=1S/C14H22O.2C10H9.C3H6.Zr/c1-13(2,3)10-7-8-12(15)11(9-10)14(4,5)6;2*1-8-6-9-4-2-3-5-10(9)7-8;1-3-2;/h7-9,15H,1-6H3;2*2-7H,1H3;1-2H3;. The number of rotatable bonds is 2. The van der Waals surface area contributed by atoms with E-state index in [4.69, 9.17) is 0 Å². The second-order valence-electron chi connectivity index (χ2n) is 13.6. The van der Waals surface area contributed by atoms with Crippen LogP contribution in [-0.4, -0.2) is 8.31 Å². The molecule has 0 saturated heterocycles. The monoisotopic (exact) mass is 596 g/mol. The van der Waals surface area contributed by atoms with Crippen molar-refractivity contribution in [3.8, 4) is 5.75 Å². The van der Waals surface area contributed by atoms with Crippen molar-refractivity contribution in [1.29, 1.82) is 0 Å². The van der Waals surface area contributed by atoms with Crippen molar-refractivity contribution in [3.63, 3.8) is 0 Å². The molecule has 2 aliphatic carbocycles. The van der Waals surface area contributed by atoms with Gasteiger partial charge in [-0.3, -0.25) is 0 Å². The minimum absolute atomic E-state index is 0.00859. The Balaban J connectivity index is 0.000000204. The van der Waals surface area contributed by atoms with Crippen LogP contribution in [0, 0.1) is 0 Å². The van der Waals surface area contributed by atoms with Crippen LogP contribution in [0.3, 0.4) is 0 Å². The fourth-order valence-corrected chi connectivity index (χ4v) is 15.5. The molecule has 204 valence electrons. The van der Waals surface area contributed by atoms with Crippen molar-refractivity contribution >= 4 is 15.4 Å². The Morgan fingerprint density at radius 2 is 1.13 bits per heavy atom. The van der Waals surface area contributed by atoms with Crippen LogP contribution in [0.15, 0.2) is 77.9 Å². The van der Waals surface area contributed by atoms with E-state index in [1.807, 2.05) is 6.07 Å². The maximum absolute atomic E-state index is 9.84. The summed E-state index contributed by atoms with van der Waals surface area (Å²) in [6.45, 7) is 22.4. The number of phenols is 1. The van der Waals surface area contributed by atoms with Gasteiger partial charge in [-0.1, -0.05) is 53.7 Å². The summed E-state index contributed by atoms with van der Waals surface area (Å²) < 4.78 is 3.10. The van der Waals surface area contributed by atoms with Gasteiger partial charge in [0.2, 0.25) is 0 Å². The molecule has 1 nitrogen and oxygen atoms in total. The third-order valence-corrected chi connectivity index (χ3v) is 17.8. The summed E-state index contributed by atoms with van der Waals surface area (Å²) in [5.41, 5.74) is 11.7. The number of phenolic OH excluding ortho intramolecular Hbond substituents is 1. The molecule has 2 heteroatoms. The van der Waals surface area contributed by atoms with E-state index in [2.05, 4.69) is 136 Å². The molecular formula is C37H46OZr. The van der Waals surface area contributed by atoms with Gasteiger partial charge in [0.15, 0.2) is 0 Å². The zero-order chi connectivity index (χ0) is 28.7. The molecule has 2 atom stereocenters. The quantitative estimate of drug-likeness (QED) is 0.312. The summed E-state index contributed by atoms with van der Waals surface area (Å²) in [4.78, 5) is 0. The number of aromatic hydroxyl groups is 1. The number of allylic oxidation sites excluding steroid dienone is 2. The number of benzene rings is 3. The van der Waals surface area contributed by atoms with E-state index in [1.54, 1.807) is 31.5 Å². The SMILES string of the molecule is CC(C)(C)c1ccc(O)c(C(C)(C)C)c1.CC1=Cc2ccccc2[CH]1[Zr](=[C](C)C)[CH]1C(C)=Cc2ccccc21. The van der Waals surface area contributed by atoms with Crippen molar-refractivity contribution in [1.82, 2.24) is 0 Å². The maximum atomic E-state index is 9.84. The fraction of sp³-hybridized carbons (Fsp3) is 0.378. The van der Waals surface area contributed by atoms with Gasteiger partial charge < -0.3 is 5.11 Å². The topological polar surface area (TPSA) is 20.2 Å². The average Bonchev–Trinajstić information content (AvgIpc) is 3.34. The van der Waals surface area contributed by atoms with Crippen LogP contribution in [0.1, 0.15) is 110 Å². The fourth-order valence-electron chi connectivity index (χ4n) is 6.13. The van der Waals surface area contributed by atoms with Crippen molar-refractivity contribution in [2.45, 2.75) is 87.3 Å². The van der Waals surface area contributed by atoms with Crippen LogP contribution in [0.5, 0.6) is 5.75 Å². The van der Waals surface area contributed by atoms with Gasteiger partial charge in [0, 0.05) is 0 Å². The molecule has 0 amide bonds. The van der Waals surface area contributed by atoms with Gasteiger partial charge in [-0.2, -0.15) is 0 Å². The van der Waals surface area contributed by atoms with Crippen molar-refractivity contribution in [2.75, 3.05) is 0 Å². The van der Waals surface area contributed by atoms with E-state index in [9.17, 15) is 5.11 Å². The van der Waals surface area contributed by atoms with Gasteiger partial charge in [-0.15, -0.1) is 0 Å². The molecule has 2 unspecified atom stereocenters. The number of hydrogen-bond acceptors (Lipinski definition) is 1. The van der Waals surface area contributed by atoms with Crippen LogP contribution >= 0.6 is 0 Å². The summed E-state index contributed by atoms with van der Waals surface area (Å²) >= 11 is -1.95. The van der Waals surface area contributed by atoms with E-state index < -0.39 is 21.3 Å². The Labute approximate surface area is 244 Å². The Morgan fingerprint density at radius 3 is 1.54 bits per heavy atom. The Hall–Kier alpha value is -2.31. The molecule has 0 radical (unpaired) electrons. The van der Waals surface area contributed by atoms with E-state index in [0.29, 0.717) is 13.0 Å². The molecule has 2 aliphatic rings. The molecule has 0 aliphatic heterocycles. The van der Waals surface area contributed by atoms with Crippen LogP contribution < -0.4 is 0 Å². The van der Waals surface area contributed by atoms with E-state index in [-0.39, 0.29) is 10.8 Å². The van der Waals surface area contributed by atoms with Crippen molar-refractivity contribution < 1.29 is 26.4 Å². The first-order valence-corrected chi connectivity index (χ1v) is 18.3. The van der Waals surface area contributed by atoms with Crippen LogP contribution in [-0.2, 0) is 32.1 Å². The first kappa shape index (κ1) is 29.7. The first-order valence-electron chi connectivity index (χ1n) is 14.3. The molecule has 0 aromatic heterocycles. The van der Waals surface area contributed by atoms with Gasteiger partial charge >= 0.3 is 154 Å². The zero-order valence-corrected chi connectivity index (χ0v) is 28.1. The summed E-state index contributed by atoms with van der Waals surface area (Å²) in [6.07, 6.45) is 4.87. The molecule has 0 fully saturated rings. The van der Waals surface area contributed by atoms with Gasteiger partial charge in [0.25, 0.3) is 0 Å². The predicted octanol–water partition coefficient (Wildman–Crippen LogP) is 10.1. The molecular weight excluding hydrogens is 552 g/mol. The van der Waals surface area contributed by atoms with Crippen molar-refractivity contribution in [2.24, 2.45) is 0 Å². The van der Waals surface area contributed by atoms with Gasteiger partial charge in [-0.25, -0.2) is 0 Å². The van der Waals surface area contributed by atoms with Gasteiger partial charge in [0.05, 0.1) is 0 Å². The normalized spacial score (nSPS) is 17.9. The molecule has 0 saturated carbocycles. The first-order chi connectivity index (χ1) is 18.2. The van der Waals surface area contributed by atoms with Gasteiger partial charge in [0.1, 0.15) is 5.75 Å². The molecule has 39 heavy (non-hydrogen) atoms. The van der Waals surface area contributed by atoms with Crippen LogP contribution in [0.25, 0.3) is 12.2 Å². The summed E-state index contributed by atoms with van der Waals surface area (Å²) in [5.74, 6) is 0.399. The van der Waals surface area contributed by atoms with E-state index in [0.717, 1.165) is 5.56 Å². The summed E-state index contributed by atoms with van der Waals surface area (Å²) in [6, 6.07) is 24.0. The number of hydrogen-bond donors (Lipinski definition) is 1. The summed E-state index contributed by atoms with van der Waals surface area (Å²) in [7, 11) is 0. The average molecular weight is 598 g/mol. The second-order valence-corrected chi connectivity index (χ2v) is 21.1. The predicted molar refractivity (Wildman–Crippen MR) is 168 cm³/mol. The minimum atomic E-state index is -1.95. The molecule has 5 rings (SSSR count). The van der Waals surface area contributed by atoms with Crippen LogP contribution in [0.4, 0.5) is 0 Å². The van der Waals surface area contributed by atoms with Crippen LogP contribution in [0.2, 0.25) is 0 Å². The Morgan fingerprint density at radius 1 is 0.667 bits per heavy atom. The van der Waals surface area contributed by atoms with E-state index >= 15 is 0 Å². The Kier molecular flexibility index (Phi) is 8.59. The number of fused-ring (bicyclic) bond motifs is 2. The molecule has 1 N–H and O–H groups in total.